The largest absolute Gasteiger partial charge is 0.301 e. The van der Waals surface area contributed by atoms with Crippen molar-refractivity contribution in [3.05, 3.63) is 0 Å². The van der Waals surface area contributed by atoms with E-state index in [0.717, 1.165) is 19.0 Å². The molecule has 0 amide bonds. The van der Waals surface area contributed by atoms with Crippen molar-refractivity contribution in [2.24, 2.45) is 11.8 Å². The van der Waals surface area contributed by atoms with E-state index in [1.54, 1.807) is 0 Å². The van der Waals surface area contributed by atoms with Gasteiger partial charge in [0.05, 0.1) is 0 Å². The number of nitrogens with two attached hydrogens (primary N) is 1. The van der Waals surface area contributed by atoms with Crippen LogP contribution < -0.4 is 5.84 Å². The van der Waals surface area contributed by atoms with Crippen molar-refractivity contribution in [2.75, 3.05) is 52.4 Å². The maximum absolute atomic E-state index is 5.81. The third kappa shape index (κ3) is 4.50. The summed E-state index contributed by atoms with van der Waals surface area (Å²) in [6.45, 7) is 12.1. The van der Waals surface area contributed by atoms with Gasteiger partial charge in [0.25, 0.3) is 0 Å². The Hall–Kier alpha value is -0.160. The van der Waals surface area contributed by atoms with Gasteiger partial charge in [0.15, 0.2) is 0 Å². The molecule has 0 atom stereocenters. The molecular formula is C14H30N4. The first kappa shape index (κ1) is 14.3. The zero-order valence-electron chi connectivity index (χ0n) is 12.0. The molecular weight excluding hydrogens is 224 g/mol. The van der Waals surface area contributed by atoms with E-state index >= 15 is 0 Å². The van der Waals surface area contributed by atoms with E-state index in [4.69, 9.17) is 5.84 Å². The second-order valence-corrected chi connectivity index (χ2v) is 5.98. The topological polar surface area (TPSA) is 35.7 Å². The monoisotopic (exact) mass is 254 g/mol. The molecule has 18 heavy (non-hydrogen) atoms. The molecule has 0 aliphatic carbocycles. The van der Waals surface area contributed by atoms with E-state index in [1.165, 1.54) is 65.0 Å². The van der Waals surface area contributed by atoms with E-state index in [-0.39, 0.29) is 0 Å². The molecule has 0 aromatic heterocycles. The minimum absolute atomic E-state index is 0.881. The van der Waals surface area contributed by atoms with Gasteiger partial charge >= 0.3 is 0 Å². The minimum atomic E-state index is 0.881. The summed E-state index contributed by atoms with van der Waals surface area (Å²) >= 11 is 0. The molecule has 2 rings (SSSR count). The lowest BCUT2D eigenvalue weighted by atomic mass is 9.97. The lowest BCUT2D eigenvalue weighted by molar-refractivity contribution is 0.0947. The van der Waals surface area contributed by atoms with Crippen molar-refractivity contribution >= 4 is 0 Å². The van der Waals surface area contributed by atoms with Crippen LogP contribution >= 0.6 is 0 Å². The van der Waals surface area contributed by atoms with Gasteiger partial charge in [0, 0.05) is 45.8 Å². The van der Waals surface area contributed by atoms with Crippen LogP contribution in [0.4, 0.5) is 0 Å². The van der Waals surface area contributed by atoms with Gasteiger partial charge in [-0.15, -0.1) is 0 Å². The van der Waals surface area contributed by atoms with Gasteiger partial charge in [-0.1, -0.05) is 13.3 Å². The molecule has 0 aromatic carbocycles. The number of hydrogen-bond acceptors (Lipinski definition) is 4. The summed E-state index contributed by atoms with van der Waals surface area (Å²) in [5.74, 6) is 6.69. The Labute approximate surface area is 112 Å². The lowest BCUT2D eigenvalue weighted by Gasteiger charge is -2.38. The third-order valence-corrected chi connectivity index (χ3v) is 4.46. The molecule has 2 fully saturated rings. The number of piperazine rings is 1. The zero-order valence-corrected chi connectivity index (χ0v) is 12.0. The third-order valence-electron chi connectivity index (χ3n) is 4.46. The van der Waals surface area contributed by atoms with Crippen molar-refractivity contribution < 1.29 is 0 Å². The fraction of sp³-hybridized carbons (Fsp3) is 1.00. The molecule has 2 aliphatic heterocycles. The molecule has 4 nitrogen and oxygen atoms in total. The molecule has 0 radical (unpaired) electrons. The van der Waals surface area contributed by atoms with Gasteiger partial charge in [-0.3, -0.25) is 5.84 Å². The summed E-state index contributed by atoms with van der Waals surface area (Å²) in [7, 11) is 0. The Morgan fingerprint density at radius 3 is 2.17 bits per heavy atom. The molecule has 0 aromatic rings. The van der Waals surface area contributed by atoms with Crippen molar-refractivity contribution in [1.82, 2.24) is 14.8 Å². The van der Waals surface area contributed by atoms with Gasteiger partial charge in [-0.05, 0) is 31.7 Å². The van der Waals surface area contributed by atoms with E-state index in [0.29, 0.717) is 0 Å². The predicted octanol–water partition coefficient (Wildman–Crippen LogP) is 0.990. The summed E-state index contributed by atoms with van der Waals surface area (Å²) < 4.78 is 0. The Kier molecular flexibility index (Phi) is 5.89. The smallest absolute Gasteiger partial charge is 0.0131 e. The Bertz CT molecular complexity index is 218. The van der Waals surface area contributed by atoms with Gasteiger partial charge in [-0.25, -0.2) is 5.01 Å². The fourth-order valence-corrected chi connectivity index (χ4v) is 3.08. The van der Waals surface area contributed by atoms with Crippen LogP contribution in [0, 0.1) is 5.92 Å². The highest BCUT2D eigenvalue weighted by atomic mass is 15.4. The molecule has 0 unspecified atom stereocenters. The van der Waals surface area contributed by atoms with Gasteiger partial charge < -0.3 is 9.80 Å². The Morgan fingerprint density at radius 2 is 1.56 bits per heavy atom. The highest BCUT2D eigenvalue weighted by molar-refractivity contribution is 4.77. The zero-order chi connectivity index (χ0) is 12.8. The second-order valence-electron chi connectivity index (χ2n) is 5.98. The fourth-order valence-electron chi connectivity index (χ4n) is 3.08. The maximum Gasteiger partial charge on any atom is 0.0131 e. The van der Waals surface area contributed by atoms with Crippen molar-refractivity contribution in [1.29, 1.82) is 0 Å². The number of hydrazine groups is 1. The summed E-state index contributed by atoms with van der Waals surface area (Å²) in [6.07, 6.45) is 5.24. The van der Waals surface area contributed by atoms with Crippen molar-refractivity contribution in [3.63, 3.8) is 0 Å². The van der Waals surface area contributed by atoms with Crippen LogP contribution in [0.1, 0.15) is 32.6 Å². The van der Waals surface area contributed by atoms with Crippen molar-refractivity contribution in [3.8, 4) is 0 Å². The average molecular weight is 254 g/mol. The summed E-state index contributed by atoms with van der Waals surface area (Å²) in [5.41, 5.74) is 0. The summed E-state index contributed by atoms with van der Waals surface area (Å²) in [5, 5.41) is 1.97. The van der Waals surface area contributed by atoms with Crippen LogP contribution in [0.2, 0.25) is 0 Å². The molecule has 2 aliphatic rings. The highest BCUT2D eigenvalue weighted by Gasteiger charge is 2.22. The molecule has 4 heteroatoms. The van der Waals surface area contributed by atoms with Crippen LogP contribution in [0.25, 0.3) is 0 Å². The molecule has 0 saturated carbocycles. The minimum Gasteiger partial charge on any atom is -0.301 e. The Morgan fingerprint density at radius 1 is 0.944 bits per heavy atom. The highest BCUT2D eigenvalue weighted by Crippen LogP contribution is 2.17. The standard InChI is InChI=1S/C14H30N4/c1-2-3-6-16-9-11-17(12-10-16)13-14-4-7-18(15)8-5-14/h14H,2-13,15H2,1H3. The molecule has 0 bridgehead atoms. The van der Waals surface area contributed by atoms with Crippen LogP contribution in [-0.4, -0.2) is 67.2 Å². The first-order valence-corrected chi connectivity index (χ1v) is 7.72. The van der Waals surface area contributed by atoms with Crippen LogP contribution in [0.15, 0.2) is 0 Å². The van der Waals surface area contributed by atoms with Gasteiger partial charge in [0.1, 0.15) is 0 Å². The van der Waals surface area contributed by atoms with E-state index in [1.807, 2.05) is 5.01 Å². The van der Waals surface area contributed by atoms with Gasteiger partial charge in [-0.2, -0.15) is 0 Å². The number of piperidine rings is 1. The second kappa shape index (κ2) is 7.43. The summed E-state index contributed by atoms with van der Waals surface area (Å²) in [4.78, 5) is 5.29. The maximum atomic E-state index is 5.81. The van der Waals surface area contributed by atoms with Crippen molar-refractivity contribution in [2.45, 2.75) is 32.6 Å². The Balaban J connectivity index is 1.61. The van der Waals surface area contributed by atoms with Gasteiger partial charge in [0.2, 0.25) is 0 Å². The molecule has 0 spiro atoms. The lowest BCUT2D eigenvalue weighted by Crippen LogP contribution is -2.49. The molecule has 106 valence electrons. The summed E-state index contributed by atoms with van der Waals surface area (Å²) in [6, 6.07) is 0. The van der Waals surface area contributed by atoms with Crippen LogP contribution in [-0.2, 0) is 0 Å². The van der Waals surface area contributed by atoms with E-state index in [9.17, 15) is 0 Å². The van der Waals surface area contributed by atoms with Crippen LogP contribution in [0.3, 0.4) is 0 Å². The van der Waals surface area contributed by atoms with Crippen LogP contribution in [0.5, 0.6) is 0 Å². The van der Waals surface area contributed by atoms with E-state index < -0.39 is 0 Å². The first-order chi connectivity index (χ1) is 8.78. The number of nitrogens with zero attached hydrogens (tertiary/aromatic N) is 3. The quantitative estimate of drug-likeness (QED) is 0.742. The van der Waals surface area contributed by atoms with E-state index in [2.05, 4.69) is 16.7 Å². The molecule has 2 heterocycles. The molecule has 2 saturated heterocycles. The normalized spacial score (nSPS) is 25.7. The average Bonchev–Trinajstić information content (AvgIpc) is 2.41. The predicted molar refractivity (Wildman–Crippen MR) is 76.3 cm³/mol. The number of rotatable bonds is 5. The first-order valence-electron chi connectivity index (χ1n) is 7.72. The number of hydrogen-bond donors (Lipinski definition) is 1. The molecule has 2 N–H and O–H groups in total. The number of unbranched alkanes of at least 4 members (excludes halogenated alkanes) is 1. The SMILES string of the molecule is CCCCN1CCN(CC2CCN(N)CC2)CC1.